The minimum absolute atomic E-state index is 0.857. The zero-order chi connectivity index (χ0) is 8.43. The van der Waals surface area contributed by atoms with Crippen LogP contribution >= 0.6 is 11.6 Å². The third-order valence-electron chi connectivity index (χ3n) is 1.69. The van der Waals surface area contributed by atoms with E-state index in [4.69, 9.17) is 11.6 Å². The molecule has 1 heteroatoms. The Morgan fingerprint density at radius 2 is 1.73 bits per heavy atom. The van der Waals surface area contributed by atoms with Crippen LogP contribution in [0.25, 0.3) is 6.08 Å². The maximum absolute atomic E-state index is 5.97. The van der Waals surface area contributed by atoms with Crippen molar-refractivity contribution in [3.8, 4) is 0 Å². The minimum atomic E-state index is 0.857. The SMILES string of the molecule is C=Cc1cc(C)c(Cl)c(C)c1. The lowest BCUT2D eigenvalue weighted by atomic mass is 10.1. The van der Waals surface area contributed by atoms with Crippen LogP contribution in [-0.4, -0.2) is 0 Å². The number of hydrogen-bond acceptors (Lipinski definition) is 0. The third-order valence-corrected chi connectivity index (χ3v) is 2.29. The monoisotopic (exact) mass is 166 g/mol. The molecule has 0 unspecified atom stereocenters. The lowest BCUT2D eigenvalue weighted by molar-refractivity contribution is 1.37. The highest BCUT2D eigenvalue weighted by atomic mass is 35.5. The summed E-state index contributed by atoms with van der Waals surface area (Å²) in [6.07, 6.45) is 1.83. The molecule has 0 saturated carbocycles. The van der Waals surface area contributed by atoms with Crippen LogP contribution in [-0.2, 0) is 0 Å². The molecule has 0 aliphatic heterocycles. The van der Waals surface area contributed by atoms with E-state index in [9.17, 15) is 0 Å². The quantitative estimate of drug-likeness (QED) is 0.598. The molecule has 0 aliphatic carbocycles. The van der Waals surface area contributed by atoms with Gasteiger partial charge in [-0.3, -0.25) is 0 Å². The van der Waals surface area contributed by atoms with Gasteiger partial charge in [0.15, 0.2) is 0 Å². The van der Waals surface area contributed by atoms with Gasteiger partial charge in [0.05, 0.1) is 0 Å². The van der Waals surface area contributed by atoms with Gasteiger partial charge in [-0.2, -0.15) is 0 Å². The van der Waals surface area contributed by atoms with E-state index in [0.29, 0.717) is 0 Å². The molecule has 1 aromatic carbocycles. The normalized spacial score (nSPS) is 9.73. The van der Waals surface area contributed by atoms with E-state index in [2.05, 4.69) is 6.58 Å². The van der Waals surface area contributed by atoms with E-state index in [1.165, 1.54) is 0 Å². The molecule has 0 aliphatic rings. The third kappa shape index (κ3) is 1.63. The number of halogens is 1. The first kappa shape index (κ1) is 8.35. The van der Waals surface area contributed by atoms with Crippen molar-refractivity contribution in [3.05, 3.63) is 40.4 Å². The van der Waals surface area contributed by atoms with Gasteiger partial charge in [0.25, 0.3) is 0 Å². The smallest absolute Gasteiger partial charge is 0.0464 e. The van der Waals surface area contributed by atoms with E-state index >= 15 is 0 Å². The molecule has 1 rings (SSSR count). The Bertz CT molecular complexity index is 264. The first-order valence-electron chi connectivity index (χ1n) is 3.54. The predicted octanol–water partition coefficient (Wildman–Crippen LogP) is 3.60. The van der Waals surface area contributed by atoms with Crippen LogP contribution in [0.4, 0.5) is 0 Å². The summed E-state index contributed by atoms with van der Waals surface area (Å²) in [6.45, 7) is 7.70. The molecule has 1 aromatic rings. The summed E-state index contributed by atoms with van der Waals surface area (Å²) in [7, 11) is 0. The topological polar surface area (TPSA) is 0 Å². The molecular formula is C10H11Cl. The van der Waals surface area contributed by atoms with Crippen molar-refractivity contribution in [2.24, 2.45) is 0 Å². The van der Waals surface area contributed by atoms with Crippen LogP contribution in [0.1, 0.15) is 16.7 Å². The highest BCUT2D eigenvalue weighted by Gasteiger charge is 1.99. The largest absolute Gasteiger partial charge is 0.0985 e. The van der Waals surface area contributed by atoms with Gasteiger partial charge < -0.3 is 0 Å². The fourth-order valence-corrected chi connectivity index (χ4v) is 1.21. The Kier molecular flexibility index (Phi) is 2.35. The standard InChI is InChI=1S/C10H11Cl/c1-4-9-5-7(2)10(11)8(3)6-9/h4-6H,1H2,2-3H3. The lowest BCUT2D eigenvalue weighted by Crippen LogP contribution is -1.82. The van der Waals surface area contributed by atoms with Crippen molar-refractivity contribution >= 4 is 17.7 Å². The fraction of sp³-hybridized carbons (Fsp3) is 0.200. The van der Waals surface area contributed by atoms with Crippen molar-refractivity contribution in [3.63, 3.8) is 0 Å². The first-order chi connectivity index (χ1) is 5.15. The summed E-state index contributed by atoms with van der Waals surface area (Å²) < 4.78 is 0. The van der Waals surface area contributed by atoms with Gasteiger partial charge in [-0.05, 0) is 30.5 Å². The van der Waals surface area contributed by atoms with Gasteiger partial charge in [0, 0.05) is 5.02 Å². The van der Waals surface area contributed by atoms with Gasteiger partial charge in [-0.15, -0.1) is 0 Å². The van der Waals surface area contributed by atoms with Crippen LogP contribution in [0.15, 0.2) is 18.7 Å². The van der Waals surface area contributed by atoms with Crippen LogP contribution in [0.3, 0.4) is 0 Å². The zero-order valence-corrected chi connectivity index (χ0v) is 7.57. The van der Waals surface area contributed by atoms with E-state index in [1.807, 2.05) is 32.1 Å². The molecule has 11 heavy (non-hydrogen) atoms. The Hall–Kier alpha value is -0.750. The Labute approximate surface area is 72.5 Å². The van der Waals surface area contributed by atoms with E-state index < -0.39 is 0 Å². The zero-order valence-electron chi connectivity index (χ0n) is 6.82. The second-order valence-corrected chi connectivity index (χ2v) is 3.05. The molecule has 58 valence electrons. The Balaban J connectivity index is 3.31. The second kappa shape index (κ2) is 3.10. The minimum Gasteiger partial charge on any atom is -0.0985 e. The van der Waals surface area contributed by atoms with Crippen molar-refractivity contribution in [1.29, 1.82) is 0 Å². The molecule has 0 radical (unpaired) electrons. The van der Waals surface area contributed by atoms with Crippen molar-refractivity contribution in [1.82, 2.24) is 0 Å². The van der Waals surface area contributed by atoms with Gasteiger partial charge >= 0.3 is 0 Å². The number of aryl methyl sites for hydroxylation is 2. The number of rotatable bonds is 1. The highest BCUT2D eigenvalue weighted by molar-refractivity contribution is 6.32. The van der Waals surface area contributed by atoms with Crippen molar-refractivity contribution in [2.75, 3.05) is 0 Å². The molecule has 0 spiro atoms. The molecule has 0 nitrogen and oxygen atoms in total. The van der Waals surface area contributed by atoms with Gasteiger partial charge in [-0.1, -0.05) is 36.4 Å². The highest BCUT2D eigenvalue weighted by Crippen LogP contribution is 2.21. The molecule has 0 saturated heterocycles. The van der Waals surface area contributed by atoms with Crippen molar-refractivity contribution < 1.29 is 0 Å². The van der Waals surface area contributed by atoms with E-state index in [-0.39, 0.29) is 0 Å². The molecule has 0 N–H and O–H groups in total. The first-order valence-corrected chi connectivity index (χ1v) is 3.92. The summed E-state index contributed by atoms with van der Waals surface area (Å²) in [5.41, 5.74) is 3.35. The molecule has 0 fully saturated rings. The number of hydrogen-bond donors (Lipinski definition) is 0. The lowest BCUT2D eigenvalue weighted by Gasteiger charge is -2.03. The fourth-order valence-electron chi connectivity index (χ4n) is 1.10. The Morgan fingerprint density at radius 3 is 2.09 bits per heavy atom. The summed E-state index contributed by atoms with van der Waals surface area (Å²) in [5.74, 6) is 0. The summed E-state index contributed by atoms with van der Waals surface area (Å²) in [4.78, 5) is 0. The van der Waals surface area contributed by atoms with E-state index in [1.54, 1.807) is 0 Å². The predicted molar refractivity (Wildman–Crippen MR) is 51.0 cm³/mol. The molecule has 0 aromatic heterocycles. The summed E-state index contributed by atoms with van der Waals surface area (Å²) >= 11 is 5.97. The van der Waals surface area contributed by atoms with Gasteiger partial charge in [0.1, 0.15) is 0 Å². The average molecular weight is 167 g/mol. The maximum Gasteiger partial charge on any atom is 0.0464 e. The Morgan fingerprint density at radius 1 is 1.27 bits per heavy atom. The molecule has 0 heterocycles. The maximum atomic E-state index is 5.97. The van der Waals surface area contributed by atoms with Crippen molar-refractivity contribution in [2.45, 2.75) is 13.8 Å². The molecule has 0 bridgehead atoms. The average Bonchev–Trinajstić information content (AvgIpc) is 1.99. The summed E-state index contributed by atoms with van der Waals surface area (Å²) in [5, 5.41) is 0.857. The number of benzene rings is 1. The van der Waals surface area contributed by atoms with Crippen LogP contribution in [0, 0.1) is 13.8 Å². The van der Waals surface area contributed by atoms with Gasteiger partial charge in [-0.25, -0.2) is 0 Å². The molecular weight excluding hydrogens is 156 g/mol. The van der Waals surface area contributed by atoms with Gasteiger partial charge in [0.2, 0.25) is 0 Å². The van der Waals surface area contributed by atoms with Crippen LogP contribution in [0.2, 0.25) is 5.02 Å². The van der Waals surface area contributed by atoms with Crippen LogP contribution < -0.4 is 0 Å². The van der Waals surface area contributed by atoms with E-state index in [0.717, 1.165) is 21.7 Å². The summed E-state index contributed by atoms with van der Waals surface area (Å²) in [6, 6.07) is 4.06. The molecule has 0 amide bonds. The van der Waals surface area contributed by atoms with Crippen LogP contribution in [0.5, 0.6) is 0 Å². The molecule has 0 atom stereocenters. The second-order valence-electron chi connectivity index (χ2n) is 2.67.